The first-order valence-corrected chi connectivity index (χ1v) is 14.3. The molecule has 2 saturated heterocycles. The maximum atomic E-state index is 11.8. The van der Waals surface area contributed by atoms with Crippen LogP contribution in [0.25, 0.3) is 22.0 Å². The van der Waals surface area contributed by atoms with Gasteiger partial charge in [0.05, 0.1) is 5.69 Å². The van der Waals surface area contributed by atoms with Crippen LogP contribution in [-0.4, -0.2) is 56.8 Å². The second-order valence-electron chi connectivity index (χ2n) is 10.7. The molecule has 1 atom stereocenters. The van der Waals surface area contributed by atoms with E-state index in [2.05, 4.69) is 38.3 Å². The van der Waals surface area contributed by atoms with E-state index in [9.17, 15) is 4.79 Å². The summed E-state index contributed by atoms with van der Waals surface area (Å²) in [7, 11) is 1.88. The lowest BCUT2D eigenvalue weighted by Crippen LogP contribution is -2.36. The average Bonchev–Trinajstić information content (AvgIpc) is 3.65. The molecule has 1 unspecified atom stereocenters. The number of aryl methyl sites for hydroxylation is 1. The highest BCUT2D eigenvalue weighted by atomic mass is 16.5. The third-order valence-corrected chi connectivity index (χ3v) is 7.73. The number of hydrogen-bond acceptors (Lipinski definition) is 8. The number of carbonyl (C=O) groups excluding carboxylic acids is 1. The van der Waals surface area contributed by atoms with Gasteiger partial charge in [-0.3, -0.25) is 14.5 Å². The molecule has 0 amide bonds. The summed E-state index contributed by atoms with van der Waals surface area (Å²) < 4.78 is 6.95. The molecular weight excluding hydrogens is 502 g/mol. The highest BCUT2D eigenvalue weighted by molar-refractivity contribution is 5.94. The minimum Gasteiger partial charge on any atom is -0.381 e. The predicted octanol–water partition coefficient (Wildman–Crippen LogP) is 5.80. The number of nitrogens with one attached hydrogen (secondary N) is 1. The number of nitrogens with zero attached hydrogens (tertiary/aromatic N) is 6. The Morgan fingerprint density at radius 2 is 1.95 bits per heavy atom. The number of piperidine rings is 1. The fraction of sp³-hybridized carbons (Fsp3) is 0.452. The van der Waals surface area contributed by atoms with Crippen molar-refractivity contribution in [3.63, 3.8) is 0 Å². The van der Waals surface area contributed by atoms with Crippen LogP contribution in [0.1, 0.15) is 46.0 Å². The molecule has 2 aliphatic heterocycles. The van der Waals surface area contributed by atoms with Gasteiger partial charge < -0.3 is 15.0 Å². The molecule has 0 radical (unpaired) electrons. The van der Waals surface area contributed by atoms with Crippen molar-refractivity contribution in [3.8, 4) is 11.3 Å². The SMILES string of the molecule is CC(=O)C1CCN(c2nc(-c3ccnc(Nc4ccn(C)n4)c3)cc3cnccc23)CC1.CCCC1CCOC1. The largest absolute Gasteiger partial charge is 0.381 e. The minimum absolute atomic E-state index is 0.155. The van der Waals surface area contributed by atoms with E-state index < -0.39 is 0 Å². The van der Waals surface area contributed by atoms with E-state index in [1.54, 1.807) is 24.0 Å². The maximum absolute atomic E-state index is 11.8. The van der Waals surface area contributed by atoms with Gasteiger partial charge in [-0.25, -0.2) is 9.97 Å². The van der Waals surface area contributed by atoms with E-state index in [4.69, 9.17) is 9.72 Å². The first kappa shape index (κ1) is 27.7. The van der Waals surface area contributed by atoms with Crippen LogP contribution in [0, 0.1) is 11.8 Å². The van der Waals surface area contributed by atoms with Crippen LogP contribution in [0.3, 0.4) is 0 Å². The summed E-state index contributed by atoms with van der Waals surface area (Å²) in [6.07, 6.45) is 13.0. The Balaban J connectivity index is 0.000000348. The Hall–Kier alpha value is -3.85. The maximum Gasteiger partial charge on any atom is 0.153 e. The highest BCUT2D eigenvalue weighted by Crippen LogP contribution is 2.32. The van der Waals surface area contributed by atoms with Crippen LogP contribution >= 0.6 is 0 Å². The topological polar surface area (TPSA) is 98.1 Å². The Labute approximate surface area is 236 Å². The van der Waals surface area contributed by atoms with Gasteiger partial charge in [-0.2, -0.15) is 5.10 Å². The molecule has 0 saturated carbocycles. The van der Waals surface area contributed by atoms with Gasteiger partial charge in [0, 0.05) is 86.5 Å². The number of fused-ring (bicyclic) bond motifs is 1. The van der Waals surface area contributed by atoms with Crippen molar-refractivity contribution in [2.24, 2.45) is 18.9 Å². The average molecular weight is 542 g/mol. The van der Waals surface area contributed by atoms with Crippen molar-refractivity contribution in [2.75, 3.05) is 36.5 Å². The normalized spacial score (nSPS) is 17.5. The smallest absolute Gasteiger partial charge is 0.153 e. The molecule has 6 heterocycles. The fourth-order valence-corrected chi connectivity index (χ4v) is 5.46. The summed E-state index contributed by atoms with van der Waals surface area (Å²) in [5.41, 5.74) is 1.82. The lowest BCUT2D eigenvalue weighted by atomic mass is 9.93. The lowest BCUT2D eigenvalue weighted by molar-refractivity contribution is -0.121. The van der Waals surface area contributed by atoms with E-state index >= 15 is 0 Å². The Morgan fingerprint density at radius 1 is 1.10 bits per heavy atom. The highest BCUT2D eigenvalue weighted by Gasteiger charge is 2.24. The van der Waals surface area contributed by atoms with Crippen LogP contribution in [0.15, 0.2) is 55.1 Å². The van der Waals surface area contributed by atoms with Gasteiger partial charge in [-0.05, 0) is 62.8 Å². The van der Waals surface area contributed by atoms with Gasteiger partial charge in [-0.1, -0.05) is 13.3 Å². The third kappa shape index (κ3) is 6.83. The third-order valence-electron chi connectivity index (χ3n) is 7.73. The Bertz CT molecular complexity index is 1420. The van der Waals surface area contributed by atoms with Crippen molar-refractivity contribution in [2.45, 2.75) is 46.0 Å². The molecule has 40 heavy (non-hydrogen) atoms. The summed E-state index contributed by atoms with van der Waals surface area (Å²) >= 11 is 0. The Kier molecular flexibility index (Phi) is 9.01. The van der Waals surface area contributed by atoms with E-state index in [1.807, 2.05) is 43.7 Å². The molecule has 1 N–H and O–H groups in total. The number of Topliss-reactive ketones (excluding diaryl/α,β-unsaturated/α-hetero) is 1. The van der Waals surface area contributed by atoms with E-state index in [1.165, 1.54) is 19.3 Å². The molecule has 0 bridgehead atoms. The van der Waals surface area contributed by atoms with Crippen molar-refractivity contribution in [1.82, 2.24) is 24.7 Å². The van der Waals surface area contributed by atoms with Gasteiger partial charge in [0.2, 0.25) is 0 Å². The molecule has 0 aromatic carbocycles. The van der Waals surface area contributed by atoms with Crippen molar-refractivity contribution in [1.29, 1.82) is 0 Å². The molecular formula is C31H39N7O2. The van der Waals surface area contributed by atoms with Gasteiger partial charge >= 0.3 is 0 Å². The lowest BCUT2D eigenvalue weighted by Gasteiger charge is -2.32. The molecule has 0 aliphatic carbocycles. The van der Waals surface area contributed by atoms with Crippen LogP contribution in [0.5, 0.6) is 0 Å². The second kappa shape index (κ2) is 13.0. The van der Waals surface area contributed by atoms with Crippen LogP contribution in [0.2, 0.25) is 0 Å². The summed E-state index contributed by atoms with van der Waals surface area (Å²) in [5.74, 6) is 3.71. The van der Waals surface area contributed by atoms with E-state index in [-0.39, 0.29) is 11.7 Å². The number of carbonyl (C=O) groups is 1. The Morgan fingerprint density at radius 3 is 2.65 bits per heavy atom. The zero-order valence-corrected chi connectivity index (χ0v) is 23.7. The molecule has 2 fully saturated rings. The number of rotatable bonds is 7. The van der Waals surface area contributed by atoms with E-state index in [0.717, 1.165) is 78.7 Å². The van der Waals surface area contributed by atoms with Gasteiger partial charge in [0.1, 0.15) is 17.4 Å². The summed E-state index contributed by atoms with van der Waals surface area (Å²) in [5, 5.41) is 9.71. The number of pyridine rings is 3. The number of aromatic nitrogens is 5. The summed E-state index contributed by atoms with van der Waals surface area (Å²) in [6, 6.07) is 9.91. The van der Waals surface area contributed by atoms with Crippen LogP contribution in [-0.2, 0) is 16.6 Å². The van der Waals surface area contributed by atoms with Crippen molar-refractivity contribution in [3.05, 3.63) is 55.1 Å². The number of anilines is 3. The molecule has 6 rings (SSSR count). The molecule has 9 heteroatoms. The van der Waals surface area contributed by atoms with Gasteiger partial charge in [0.25, 0.3) is 0 Å². The fourth-order valence-electron chi connectivity index (χ4n) is 5.46. The first-order chi connectivity index (χ1) is 19.5. The van der Waals surface area contributed by atoms with Crippen LogP contribution < -0.4 is 10.2 Å². The van der Waals surface area contributed by atoms with Gasteiger partial charge in [-0.15, -0.1) is 0 Å². The van der Waals surface area contributed by atoms with Crippen LogP contribution in [0.4, 0.5) is 17.5 Å². The monoisotopic (exact) mass is 541 g/mol. The second-order valence-corrected chi connectivity index (χ2v) is 10.7. The zero-order valence-electron chi connectivity index (χ0n) is 23.7. The summed E-state index contributed by atoms with van der Waals surface area (Å²) in [4.78, 5) is 27.9. The minimum atomic E-state index is 0.155. The molecule has 9 nitrogen and oxygen atoms in total. The molecule has 4 aromatic rings. The zero-order chi connectivity index (χ0) is 27.9. The first-order valence-electron chi connectivity index (χ1n) is 14.3. The number of hydrogen-bond donors (Lipinski definition) is 1. The number of ketones is 1. The number of ether oxygens (including phenoxy) is 1. The quantitative estimate of drug-likeness (QED) is 0.314. The standard InChI is InChI=1S/C24H25N7O.C7H14O/c1-16(32)17-5-11-31(12-6-17)24-20-4-8-25-15-19(20)13-21(27-24)18-3-9-26-23(14-18)28-22-7-10-30(2)29-22;1-2-3-7-4-5-8-6-7/h3-4,7-10,13-15,17H,5-6,11-12H2,1-2H3,(H,26,28,29);7H,2-6H2,1H3. The predicted molar refractivity (Wildman–Crippen MR) is 159 cm³/mol. The molecule has 4 aromatic heterocycles. The molecule has 2 aliphatic rings. The molecule has 0 spiro atoms. The van der Waals surface area contributed by atoms with Crippen molar-refractivity contribution >= 4 is 34.0 Å². The van der Waals surface area contributed by atoms with E-state index in [0.29, 0.717) is 5.82 Å². The molecule has 210 valence electrons. The summed E-state index contributed by atoms with van der Waals surface area (Å²) in [6.45, 7) is 7.60. The van der Waals surface area contributed by atoms with Crippen molar-refractivity contribution < 1.29 is 9.53 Å². The van der Waals surface area contributed by atoms with Gasteiger partial charge in [0.15, 0.2) is 5.82 Å².